The highest BCUT2D eigenvalue weighted by Crippen LogP contribution is 2.42. The number of amides is 1. The number of hydrogen-bond acceptors (Lipinski definition) is 4. The Morgan fingerprint density at radius 2 is 2.03 bits per heavy atom. The summed E-state index contributed by atoms with van der Waals surface area (Å²) in [6, 6.07) is 12.2. The number of nitrogens with zero attached hydrogens (tertiary/aromatic N) is 3. The first-order valence-electron chi connectivity index (χ1n) is 9.37. The zero-order valence-electron chi connectivity index (χ0n) is 16.0. The summed E-state index contributed by atoms with van der Waals surface area (Å²) in [6.45, 7) is 3.72. The monoisotopic (exact) mass is 430 g/mol. The quantitative estimate of drug-likeness (QED) is 0.524. The first-order chi connectivity index (χ1) is 13.9. The lowest BCUT2D eigenvalue weighted by Gasteiger charge is -2.15. The molecule has 1 unspecified atom stereocenters. The molecular weight excluding hydrogens is 411 g/mol. The van der Waals surface area contributed by atoms with Gasteiger partial charge in [-0.2, -0.15) is 0 Å². The molecule has 1 aliphatic rings. The van der Waals surface area contributed by atoms with Crippen molar-refractivity contribution in [2.75, 3.05) is 5.32 Å². The molecule has 0 bridgehead atoms. The Labute approximate surface area is 177 Å². The second kappa shape index (κ2) is 8.16. The molecule has 1 N–H and O–H groups in total. The van der Waals surface area contributed by atoms with E-state index in [-0.39, 0.29) is 17.8 Å². The number of nitrogens with one attached hydrogen (secondary N) is 1. The van der Waals surface area contributed by atoms with Crippen LogP contribution in [0.3, 0.4) is 0 Å². The molecule has 1 heterocycles. The van der Waals surface area contributed by atoms with Crippen molar-refractivity contribution in [3.63, 3.8) is 0 Å². The van der Waals surface area contributed by atoms with Crippen molar-refractivity contribution in [2.24, 2.45) is 0 Å². The number of benzene rings is 2. The maximum Gasteiger partial charge on any atom is 0.237 e. The minimum atomic E-state index is -0.413. The van der Waals surface area contributed by atoms with Gasteiger partial charge in [0.15, 0.2) is 11.0 Å². The van der Waals surface area contributed by atoms with Gasteiger partial charge in [-0.3, -0.25) is 9.36 Å². The molecule has 2 aromatic carbocycles. The molecule has 0 spiro atoms. The predicted octanol–water partition coefficient (Wildman–Crippen LogP) is 5.50. The molecule has 1 aliphatic carbocycles. The first kappa shape index (κ1) is 19.9. The van der Waals surface area contributed by atoms with Crippen molar-refractivity contribution in [1.29, 1.82) is 0 Å². The van der Waals surface area contributed by atoms with Gasteiger partial charge in [-0.05, 0) is 56.5 Å². The molecule has 0 radical (unpaired) electrons. The molecular formula is C21H20ClFN4OS. The van der Waals surface area contributed by atoms with E-state index in [0.717, 1.165) is 18.4 Å². The molecule has 4 rings (SSSR count). The molecule has 0 saturated heterocycles. The molecule has 29 heavy (non-hydrogen) atoms. The Hall–Kier alpha value is -2.38. The highest BCUT2D eigenvalue weighted by Gasteiger charge is 2.32. The molecule has 1 amide bonds. The van der Waals surface area contributed by atoms with E-state index in [9.17, 15) is 9.18 Å². The highest BCUT2D eigenvalue weighted by atomic mass is 35.5. The average molecular weight is 431 g/mol. The number of anilines is 1. The molecule has 1 fully saturated rings. The number of hydrogen-bond donors (Lipinski definition) is 1. The van der Waals surface area contributed by atoms with E-state index in [1.165, 1.54) is 17.8 Å². The number of thioether (sulfide) groups is 1. The topological polar surface area (TPSA) is 59.8 Å². The summed E-state index contributed by atoms with van der Waals surface area (Å²) >= 11 is 7.36. The van der Waals surface area contributed by atoms with Crippen LogP contribution in [0, 0.1) is 12.7 Å². The first-order valence-corrected chi connectivity index (χ1v) is 10.6. The van der Waals surface area contributed by atoms with Crippen LogP contribution in [0.4, 0.5) is 10.1 Å². The fourth-order valence-electron chi connectivity index (χ4n) is 3.02. The number of rotatable bonds is 6. The van der Waals surface area contributed by atoms with Crippen molar-refractivity contribution in [1.82, 2.24) is 14.8 Å². The Bertz CT molecular complexity index is 1070. The van der Waals surface area contributed by atoms with Gasteiger partial charge in [0.05, 0.1) is 10.8 Å². The smallest absolute Gasteiger partial charge is 0.237 e. The van der Waals surface area contributed by atoms with Gasteiger partial charge in [-0.25, -0.2) is 4.39 Å². The third kappa shape index (κ3) is 4.31. The fraction of sp³-hybridized carbons (Fsp3) is 0.286. The minimum absolute atomic E-state index is 0.154. The molecule has 1 atom stereocenters. The summed E-state index contributed by atoms with van der Waals surface area (Å²) in [5.74, 6) is 0.0186. The second-order valence-electron chi connectivity index (χ2n) is 7.10. The maximum absolute atomic E-state index is 14.3. The van der Waals surface area contributed by atoms with E-state index in [1.54, 1.807) is 30.3 Å². The van der Waals surface area contributed by atoms with E-state index in [1.807, 2.05) is 24.5 Å². The number of halogens is 2. The Morgan fingerprint density at radius 3 is 2.76 bits per heavy atom. The molecule has 3 aromatic rings. The molecule has 1 aromatic heterocycles. The van der Waals surface area contributed by atoms with Crippen LogP contribution in [-0.2, 0) is 4.79 Å². The zero-order chi connectivity index (χ0) is 20.5. The Balaban J connectivity index is 1.55. The largest absolute Gasteiger partial charge is 0.325 e. The standard InChI is InChI=1S/C21H20ClFN4OS/c1-12-7-8-14(22)11-18(12)24-20(28)13(2)29-21-26-25-19(27(21)15-9-10-15)16-5-3-4-6-17(16)23/h3-8,11,13,15H,9-10H2,1-2H3,(H,24,28). The van der Waals surface area contributed by atoms with Crippen LogP contribution in [-0.4, -0.2) is 25.9 Å². The molecule has 5 nitrogen and oxygen atoms in total. The van der Waals surface area contributed by atoms with Gasteiger partial charge in [0.1, 0.15) is 5.82 Å². The van der Waals surface area contributed by atoms with Crippen molar-refractivity contribution in [3.8, 4) is 11.4 Å². The van der Waals surface area contributed by atoms with Gasteiger partial charge < -0.3 is 5.32 Å². The van der Waals surface area contributed by atoms with Crippen LogP contribution in [0.1, 0.15) is 31.4 Å². The van der Waals surface area contributed by atoms with Crippen LogP contribution >= 0.6 is 23.4 Å². The number of carbonyl (C=O) groups is 1. The number of aromatic nitrogens is 3. The van der Waals surface area contributed by atoms with Gasteiger partial charge in [0.2, 0.25) is 5.91 Å². The second-order valence-corrected chi connectivity index (χ2v) is 8.84. The summed E-state index contributed by atoms with van der Waals surface area (Å²) in [6.07, 6.45) is 1.99. The maximum atomic E-state index is 14.3. The zero-order valence-corrected chi connectivity index (χ0v) is 17.6. The number of carbonyl (C=O) groups excluding carboxylic acids is 1. The third-order valence-electron chi connectivity index (χ3n) is 4.80. The summed E-state index contributed by atoms with van der Waals surface area (Å²) in [7, 11) is 0. The summed E-state index contributed by atoms with van der Waals surface area (Å²) in [5.41, 5.74) is 2.04. The van der Waals surface area contributed by atoms with E-state index >= 15 is 0 Å². The van der Waals surface area contributed by atoms with E-state index in [4.69, 9.17) is 11.6 Å². The van der Waals surface area contributed by atoms with Crippen molar-refractivity contribution in [2.45, 2.75) is 43.1 Å². The van der Waals surface area contributed by atoms with Gasteiger partial charge >= 0.3 is 0 Å². The van der Waals surface area contributed by atoms with Crippen LogP contribution in [0.2, 0.25) is 5.02 Å². The van der Waals surface area contributed by atoms with Crippen molar-refractivity contribution >= 4 is 35.0 Å². The lowest BCUT2D eigenvalue weighted by molar-refractivity contribution is -0.115. The fourth-order valence-corrected chi connectivity index (χ4v) is 4.11. The highest BCUT2D eigenvalue weighted by molar-refractivity contribution is 8.00. The molecule has 8 heteroatoms. The van der Waals surface area contributed by atoms with Gasteiger partial charge in [0, 0.05) is 16.8 Å². The van der Waals surface area contributed by atoms with Gasteiger partial charge in [-0.15, -0.1) is 10.2 Å². The lowest BCUT2D eigenvalue weighted by atomic mass is 10.2. The summed E-state index contributed by atoms with van der Waals surface area (Å²) in [5, 5.41) is 12.2. The van der Waals surface area contributed by atoms with Gasteiger partial charge in [-0.1, -0.05) is 41.6 Å². The molecule has 0 aliphatic heterocycles. The minimum Gasteiger partial charge on any atom is -0.325 e. The van der Waals surface area contributed by atoms with Crippen molar-refractivity contribution < 1.29 is 9.18 Å². The van der Waals surface area contributed by atoms with E-state index < -0.39 is 5.25 Å². The van der Waals surface area contributed by atoms with Crippen LogP contribution in [0.15, 0.2) is 47.6 Å². The third-order valence-corrected chi connectivity index (χ3v) is 6.09. The summed E-state index contributed by atoms with van der Waals surface area (Å²) < 4.78 is 16.2. The van der Waals surface area contributed by atoms with Gasteiger partial charge in [0.25, 0.3) is 0 Å². The van der Waals surface area contributed by atoms with Crippen LogP contribution in [0.5, 0.6) is 0 Å². The molecule has 1 saturated carbocycles. The molecule has 150 valence electrons. The predicted molar refractivity (Wildman–Crippen MR) is 114 cm³/mol. The lowest BCUT2D eigenvalue weighted by Crippen LogP contribution is -2.23. The Morgan fingerprint density at radius 1 is 1.28 bits per heavy atom. The Kier molecular flexibility index (Phi) is 5.61. The average Bonchev–Trinajstić information content (AvgIpc) is 3.45. The van der Waals surface area contributed by atoms with E-state index in [0.29, 0.717) is 27.3 Å². The van der Waals surface area contributed by atoms with Crippen LogP contribution in [0.25, 0.3) is 11.4 Å². The van der Waals surface area contributed by atoms with Crippen LogP contribution < -0.4 is 5.32 Å². The SMILES string of the molecule is Cc1ccc(Cl)cc1NC(=O)C(C)Sc1nnc(-c2ccccc2F)n1C1CC1. The normalized spacial score (nSPS) is 14.6. The van der Waals surface area contributed by atoms with E-state index in [2.05, 4.69) is 15.5 Å². The van der Waals surface area contributed by atoms with Crippen molar-refractivity contribution in [3.05, 3.63) is 58.9 Å². The summed E-state index contributed by atoms with van der Waals surface area (Å²) in [4.78, 5) is 12.7. The number of aryl methyl sites for hydroxylation is 1.